The van der Waals surface area contributed by atoms with E-state index in [0.717, 1.165) is 0 Å². The van der Waals surface area contributed by atoms with Crippen LogP contribution in [0.3, 0.4) is 0 Å². The minimum absolute atomic E-state index is 0.0401. The van der Waals surface area contributed by atoms with Crippen molar-refractivity contribution in [1.82, 2.24) is 57.8 Å². The lowest BCUT2D eigenvalue weighted by atomic mass is 10.00. The van der Waals surface area contributed by atoms with E-state index in [1.807, 2.05) is 13.8 Å². The van der Waals surface area contributed by atoms with E-state index in [4.69, 9.17) is 22.9 Å². The third kappa shape index (κ3) is 26.1. The van der Waals surface area contributed by atoms with Crippen molar-refractivity contribution in [3.8, 4) is 5.75 Å². The zero-order chi connectivity index (χ0) is 61.8. The Hall–Kier alpha value is -8.01. The van der Waals surface area contributed by atoms with Crippen molar-refractivity contribution in [3.63, 3.8) is 0 Å². The minimum atomic E-state index is -1.55. The first-order chi connectivity index (χ1) is 38.5. The maximum atomic E-state index is 14.2. The first-order valence-corrected chi connectivity index (χ1v) is 27.5. The average Bonchev–Trinajstić information content (AvgIpc) is 3.96. The van der Waals surface area contributed by atoms with Crippen molar-refractivity contribution >= 4 is 71.3 Å². The molecule has 1 aromatic carbocycles. The number of imidazole rings is 1. The molecule has 19 N–H and O–H groups in total. The fraction of sp³-hybridized carbons (Fsp3) is 0.611. The fourth-order valence-corrected chi connectivity index (χ4v) is 8.24. The van der Waals surface area contributed by atoms with Crippen LogP contribution in [0.2, 0.25) is 0 Å². The number of nitrogens with one attached hydrogen (secondary N) is 10. The molecule has 456 valence electrons. The summed E-state index contributed by atoms with van der Waals surface area (Å²) in [5, 5.41) is 32.9. The van der Waals surface area contributed by atoms with Crippen molar-refractivity contribution in [2.75, 3.05) is 6.54 Å². The van der Waals surface area contributed by atoms with Crippen LogP contribution in [0.5, 0.6) is 5.75 Å². The molecule has 28 nitrogen and oxygen atoms in total. The molecule has 1 aromatic heterocycles. The van der Waals surface area contributed by atoms with Gasteiger partial charge in [-0.05, 0) is 94.4 Å². The van der Waals surface area contributed by atoms with Crippen molar-refractivity contribution in [1.29, 1.82) is 0 Å². The second-order valence-corrected chi connectivity index (χ2v) is 21.6. The van der Waals surface area contributed by atoms with Crippen molar-refractivity contribution in [2.45, 2.75) is 186 Å². The van der Waals surface area contributed by atoms with E-state index in [9.17, 15) is 62.6 Å². The fourth-order valence-electron chi connectivity index (χ4n) is 8.24. The highest BCUT2D eigenvalue weighted by atomic mass is 16.3. The number of primary amides is 2. The Morgan fingerprint density at radius 1 is 0.549 bits per heavy atom. The molecule has 0 saturated heterocycles. The number of carbonyl (C=O) groups excluding carboxylic acids is 12. The Kier molecular flexibility index (Phi) is 30.5. The summed E-state index contributed by atoms with van der Waals surface area (Å²) in [5.74, 6) is -10.1. The van der Waals surface area contributed by atoms with Gasteiger partial charge in [0, 0.05) is 37.6 Å². The molecule has 0 aliphatic carbocycles. The number of nitrogens with zero attached hydrogens (tertiary/aromatic N) is 1. The number of aromatic hydroxyl groups is 1. The number of nitrogens with two attached hydrogens (primary N) is 4. The molecule has 10 atom stereocenters. The number of aromatic amines is 1. The van der Waals surface area contributed by atoms with Crippen LogP contribution < -0.4 is 70.8 Å². The van der Waals surface area contributed by atoms with Crippen LogP contribution in [0.1, 0.15) is 124 Å². The predicted octanol–water partition coefficient (Wildman–Crippen LogP) is -2.76. The number of amides is 11. The first kappa shape index (κ1) is 70.1. The summed E-state index contributed by atoms with van der Waals surface area (Å²) < 4.78 is 0. The minimum Gasteiger partial charge on any atom is -0.508 e. The lowest BCUT2D eigenvalue weighted by molar-refractivity contribution is -0.136. The molecule has 2 aromatic rings. The molecule has 2 rings (SSSR count). The van der Waals surface area contributed by atoms with Gasteiger partial charge in [-0.15, -0.1) is 0 Å². The maximum Gasteiger partial charge on any atom is 0.243 e. The lowest BCUT2D eigenvalue weighted by Crippen LogP contribution is -2.61. The molecule has 0 spiro atoms. The molecule has 0 fully saturated rings. The summed E-state index contributed by atoms with van der Waals surface area (Å²) >= 11 is 0. The van der Waals surface area contributed by atoms with Gasteiger partial charge in [0.25, 0.3) is 0 Å². The molecule has 0 unspecified atom stereocenters. The van der Waals surface area contributed by atoms with Gasteiger partial charge in [-0.25, -0.2) is 4.98 Å². The summed E-state index contributed by atoms with van der Waals surface area (Å²) in [6.45, 7) is 13.4. The van der Waals surface area contributed by atoms with Crippen LogP contribution in [-0.2, 0) is 70.4 Å². The zero-order valence-electron chi connectivity index (χ0n) is 48.1. The molecule has 0 saturated carbocycles. The van der Waals surface area contributed by atoms with E-state index >= 15 is 0 Å². The molecule has 0 aliphatic heterocycles. The van der Waals surface area contributed by atoms with Crippen molar-refractivity contribution < 1.29 is 62.6 Å². The average molecular weight is 1150 g/mol. The highest BCUT2D eigenvalue weighted by Gasteiger charge is 2.36. The number of aromatic nitrogens is 2. The van der Waals surface area contributed by atoms with Crippen LogP contribution in [0.4, 0.5) is 0 Å². The van der Waals surface area contributed by atoms with Gasteiger partial charge in [0.1, 0.15) is 60.4 Å². The number of H-pyrrole nitrogens is 1. The van der Waals surface area contributed by atoms with E-state index in [2.05, 4.69) is 57.8 Å². The second-order valence-electron chi connectivity index (χ2n) is 21.6. The monoisotopic (exact) mass is 1150 g/mol. The van der Waals surface area contributed by atoms with Crippen molar-refractivity contribution in [3.05, 3.63) is 48.0 Å². The molecule has 28 heteroatoms. The normalized spacial score (nSPS) is 14.9. The van der Waals surface area contributed by atoms with Crippen LogP contribution in [0.25, 0.3) is 0 Å². The van der Waals surface area contributed by atoms with E-state index in [0.29, 0.717) is 43.4 Å². The quantitative estimate of drug-likeness (QED) is 0.0239. The van der Waals surface area contributed by atoms with E-state index in [1.165, 1.54) is 50.6 Å². The second kappa shape index (κ2) is 35.7. The Labute approximate surface area is 477 Å². The molecular weight excluding hydrogens is 1070 g/mol. The highest BCUT2D eigenvalue weighted by molar-refractivity contribution is 5.98. The van der Waals surface area contributed by atoms with E-state index in [-0.39, 0.29) is 56.1 Å². The van der Waals surface area contributed by atoms with Crippen molar-refractivity contribution in [2.24, 2.45) is 40.7 Å². The van der Waals surface area contributed by atoms with Crippen LogP contribution >= 0.6 is 0 Å². The third-order valence-electron chi connectivity index (χ3n) is 12.9. The summed E-state index contributed by atoms with van der Waals surface area (Å²) in [4.78, 5) is 166. The van der Waals surface area contributed by atoms with Gasteiger partial charge in [-0.2, -0.15) is 0 Å². The Morgan fingerprint density at radius 3 is 1.48 bits per heavy atom. The number of benzene rings is 1. The number of unbranched alkanes of at least 4 members (excludes halogenated alkanes) is 1. The SMILES string of the molecule is CC(C)C[C@H](NC(=O)[C@H](CCC(N)=O)NC(=O)[C@H](C)NC(=O)[C@H](CC(C)C)NC(=O)[C@@H](N)CCCCN)C(=O)N[C@@H](CCC(N)=O)C(=O)N[C@H](C(=O)N[C@@H](C)C(=O)N[C@@H](Cc1ccc(O)cc1)C(=O)N[C@H](C=O)Cc1cnc[nH]1)C(C)C. The van der Waals surface area contributed by atoms with Gasteiger partial charge >= 0.3 is 0 Å². The largest absolute Gasteiger partial charge is 0.508 e. The van der Waals surface area contributed by atoms with E-state index < -0.39 is 144 Å². The van der Waals surface area contributed by atoms with Crippen LogP contribution in [-0.4, -0.2) is 153 Å². The predicted molar refractivity (Wildman–Crippen MR) is 300 cm³/mol. The van der Waals surface area contributed by atoms with Crippen LogP contribution in [0.15, 0.2) is 36.8 Å². The Balaban J connectivity index is 2.30. The molecule has 1 heterocycles. The number of phenols is 1. The summed E-state index contributed by atoms with van der Waals surface area (Å²) in [6.07, 6.45) is 3.59. The Morgan fingerprint density at radius 2 is 1.00 bits per heavy atom. The number of carbonyl (C=O) groups is 12. The van der Waals surface area contributed by atoms with E-state index in [1.54, 1.807) is 27.7 Å². The zero-order valence-corrected chi connectivity index (χ0v) is 48.1. The molecule has 11 amide bonds. The van der Waals surface area contributed by atoms with Gasteiger partial charge in [-0.1, -0.05) is 60.1 Å². The maximum absolute atomic E-state index is 14.2. The first-order valence-electron chi connectivity index (χ1n) is 27.5. The smallest absolute Gasteiger partial charge is 0.243 e. The van der Waals surface area contributed by atoms with Gasteiger partial charge < -0.3 is 85.7 Å². The number of rotatable bonds is 38. The Bertz CT molecular complexity index is 2460. The topological polar surface area (TPSA) is 466 Å². The highest BCUT2D eigenvalue weighted by Crippen LogP contribution is 2.14. The van der Waals surface area contributed by atoms with Crippen LogP contribution in [0, 0.1) is 17.8 Å². The van der Waals surface area contributed by atoms with Gasteiger partial charge in [0.15, 0.2) is 0 Å². The number of aldehydes is 1. The number of hydrogen-bond donors (Lipinski definition) is 15. The van der Waals surface area contributed by atoms with Gasteiger partial charge in [-0.3, -0.25) is 52.7 Å². The molecule has 0 bridgehead atoms. The standard InChI is InChI=1S/C54H87N15O13/c1-28(2)21-40(67-48(76)37(56)11-9-10-20-55)51(79)61-31(7)46(74)64-38(16-18-43(57)72)49(77)68-41(22-29(3)4)53(81)65-39(17-19-44(58)73)50(78)69-45(30(5)6)54(82)62-32(8)47(75)66-42(23-33-12-14-36(71)15-13-33)52(80)63-35(26-70)24-34-25-59-27-60-34/h12-15,25-32,35,37-42,45,71H,9-11,16-24,55-56H2,1-8H3,(H2,57,72)(H2,58,73)(H,59,60)(H,61,79)(H,62,82)(H,63,80)(H,64,74)(H,65,81)(H,66,75)(H,67,76)(H,68,77)(H,69,78)/t31-,32-,35-,37-,38-,39-,40-,41-,42-,45-/m0/s1. The van der Waals surface area contributed by atoms with Gasteiger partial charge in [0.05, 0.1) is 18.4 Å². The number of hydrogen-bond acceptors (Lipinski definition) is 16. The summed E-state index contributed by atoms with van der Waals surface area (Å²) in [5.41, 5.74) is 23.5. The molecule has 0 radical (unpaired) electrons. The summed E-state index contributed by atoms with van der Waals surface area (Å²) in [7, 11) is 0. The molecule has 0 aliphatic rings. The number of phenolic OH excluding ortho intramolecular Hbond substituents is 1. The third-order valence-corrected chi connectivity index (χ3v) is 12.9. The summed E-state index contributed by atoms with van der Waals surface area (Å²) in [6, 6.07) is -6.91. The molecule has 82 heavy (non-hydrogen) atoms. The van der Waals surface area contributed by atoms with Gasteiger partial charge in [0.2, 0.25) is 65.0 Å². The lowest BCUT2D eigenvalue weighted by Gasteiger charge is -2.29. The molecular formula is C54H87N15O13.